The number of nitrogens with two attached hydrogens (primary N) is 1. The number of quaternary nitrogens is 1. The lowest BCUT2D eigenvalue weighted by molar-refractivity contribution is -0.879. The van der Waals surface area contributed by atoms with Crippen LogP contribution in [-0.4, -0.2) is 25.5 Å². The first-order valence-corrected chi connectivity index (χ1v) is 7.79. The van der Waals surface area contributed by atoms with Gasteiger partial charge in [-0.25, -0.2) is 0 Å². The fourth-order valence-corrected chi connectivity index (χ4v) is 2.33. The largest absolute Gasteiger partial charge is 0.365 e. The number of benzene rings is 2. The van der Waals surface area contributed by atoms with Crippen molar-refractivity contribution >= 4 is 18.1 Å². The molecule has 0 aliphatic heterocycles. The number of hydrogen-bond acceptors (Lipinski definition) is 1. The van der Waals surface area contributed by atoms with Gasteiger partial charge in [-0.05, 0) is 23.3 Å². The van der Waals surface area contributed by atoms with E-state index in [1.165, 1.54) is 0 Å². The SMILES string of the molecule is NC(=O)C[NH+](C/C=C/c1ccccc1)C/C=C/c1ccccc1. The molecule has 0 atom stereocenters. The third-order valence-electron chi connectivity index (χ3n) is 3.46. The number of primary amides is 1. The minimum Gasteiger partial charge on any atom is -0.365 e. The minimum atomic E-state index is -0.277. The first kappa shape index (κ1) is 16.7. The summed E-state index contributed by atoms with van der Waals surface area (Å²) in [5, 5.41) is 0. The average Bonchev–Trinajstić information content (AvgIpc) is 2.56. The molecule has 23 heavy (non-hydrogen) atoms. The average molecular weight is 307 g/mol. The van der Waals surface area contributed by atoms with E-state index in [9.17, 15) is 4.79 Å². The normalized spacial score (nSPS) is 11.5. The molecule has 118 valence electrons. The summed E-state index contributed by atoms with van der Waals surface area (Å²) < 4.78 is 0. The van der Waals surface area contributed by atoms with Crippen LogP contribution in [0.5, 0.6) is 0 Å². The quantitative estimate of drug-likeness (QED) is 0.767. The van der Waals surface area contributed by atoms with Gasteiger partial charge in [0.05, 0.1) is 13.1 Å². The van der Waals surface area contributed by atoms with Crippen molar-refractivity contribution in [3.8, 4) is 0 Å². The van der Waals surface area contributed by atoms with Crippen molar-refractivity contribution in [2.75, 3.05) is 19.6 Å². The van der Waals surface area contributed by atoms with Gasteiger partial charge < -0.3 is 10.6 Å². The van der Waals surface area contributed by atoms with Gasteiger partial charge in [-0.15, -0.1) is 0 Å². The third kappa shape index (κ3) is 6.76. The molecular formula is C20H23N2O+. The van der Waals surface area contributed by atoms with Crippen LogP contribution < -0.4 is 10.6 Å². The number of rotatable bonds is 8. The maximum atomic E-state index is 11.2. The second kappa shape index (κ2) is 9.38. The Kier molecular flexibility index (Phi) is 6.82. The van der Waals surface area contributed by atoms with Gasteiger partial charge in [0.25, 0.3) is 5.91 Å². The fraction of sp³-hybridized carbons (Fsp3) is 0.150. The Labute approximate surface area is 137 Å². The summed E-state index contributed by atoms with van der Waals surface area (Å²) in [4.78, 5) is 12.4. The minimum absolute atomic E-state index is 0.277. The molecule has 0 fully saturated rings. The molecule has 0 aromatic heterocycles. The van der Waals surface area contributed by atoms with E-state index in [2.05, 4.69) is 48.6 Å². The number of carbonyl (C=O) groups excluding carboxylic acids is 1. The van der Waals surface area contributed by atoms with Gasteiger partial charge in [0.1, 0.15) is 0 Å². The molecule has 0 spiro atoms. The van der Waals surface area contributed by atoms with Gasteiger partial charge in [0, 0.05) is 0 Å². The Morgan fingerprint density at radius 3 is 1.65 bits per heavy atom. The van der Waals surface area contributed by atoms with Gasteiger partial charge in [-0.3, -0.25) is 4.79 Å². The maximum Gasteiger partial charge on any atom is 0.272 e. The molecule has 0 aliphatic rings. The fourth-order valence-electron chi connectivity index (χ4n) is 2.33. The predicted octanol–water partition coefficient (Wildman–Crippen LogP) is 1.78. The zero-order chi connectivity index (χ0) is 16.3. The summed E-state index contributed by atoms with van der Waals surface area (Å²) in [5.74, 6) is -0.277. The molecule has 0 unspecified atom stereocenters. The highest BCUT2D eigenvalue weighted by molar-refractivity contribution is 5.74. The predicted molar refractivity (Wildman–Crippen MR) is 95.7 cm³/mol. The molecule has 0 saturated carbocycles. The van der Waals surface area contributed by atoms with E-state index < -0.39 is 0 Å². The second-order valence-corrected chi connectivity index (χ2v) is 5.43. The van der Waals surface area contributed by atoms with Crippen LogP contribution in [0.25, 0.3) is 12.2 Å². The molecule has 0 radical (unpaired) electrons. The van der Waals surface area contributed by atoms with Crippen LogP contribution in [0, 0.1) is 0 Å². The van der Waals surface area contributed by atoms with Gasteiger partial charge in [0.15, 0.2) is 6.54 Å². The summed E-state index contributed by atoms with van der Waals surface area (Å²) >= 11 is 0. The molecule has 1 amide bonds. The van der Waals surface area contributed by atoms with Crippen LogP contribution in [0.1, 0.15) is 11.1 Å². The Morgan fingerprint density at radius 2 is 1.26 bits per heavy atom. The first-order chi connectivity index (χ1) is 11.2. The Hall–Kier alpha value is -2.65. The molecule has 3 N–H and O–H groups in total. The summed E-state index contributed by atoms with van der Waals surface area (Å²) in [6, 6.07) is 20.3. The topological polar surface area (TPSA) is 47.5 Å². The summed E-state index contributed by atoms with van der Waals surface area (Å²) in [6.45, 7) is 1.85. The number of amides is 1. The van der Waals surface area contributed by atoms with Crippen LogP contribution in [0.4, 0.5) is 0 Å². The molecule has 3 heteroatoms. The molecule has 3 nitrogen and oxygen atoms in total. The van der Waals surface area contributed by atoms with Crippen molar-refractivity contribution in [1.82, 2.24) is 0 Å². The van der Waals surface area contributed by atoms with E-state index in [0.717, 1.165) is 29.1 Å². The maximum absolute atomic E-state index is 11.2. The Morgan fingerprint density at radius 1 is 0.826 bits per heavy atom. The molecular weight excluding hydrogens is 284 g/mol. The number of nitrogens with one attached hydrogen (secondary N) is 1. The van der Waals surface area contributed by atoms with Crippen molar-refractivity contribution in [2.45, 2.75) is 0 Å². The smallest absolute Gasteiger partial charge is 0.272 e. The van der Waals surface area contributed by atoms with Crippen LogP contribution in [0.15, 0.2) is 72.8 Å². The molecule has 0 bridgehead atoms. The van der Waals surface area contributed by atoms with E-state index in [1.807, 2.05) is 36.4 Å². The summed E-state index contributed by atoms with van der Waals surface area (Å²) in [5.41, 5.74) is 7.67. The molecule has 0 saturated heterocycles. The first-order valence-electron chi connectivity index (χ1n) is 7.79. The van der Waals surface area contributed by atoms with Gasteiger partial charge >= 0.3 is 0 Å². The van der Waals surface area contributed by atoms with Gasteiger partial charge in [-0.2, -0.15) is 0 Å². The van der Waals surface area contributed by atoms with E-state index in [0.29, 0.717) is 6.54 Å². The van der Waals surface area contributed by atoms with Crippen molar-refractivity contribution in [3.05, 3.63) is 83.9 Å². The lowest BCUT2D eigenvalue weighted by Gasteiger charge is -2.13. The summed E-state index contributed by atoms with van der Waals surface area (Å²) in [6.07, 6.45) is 8.32. The Balaban J connectivity index is 1.90. The number of hydrogen-bond donors (Lipinski definition) is 2. The highest BCUT2D eigenvalue weighted by atomic mass is 16.1. The van der Waals surface area contributed by atoms with Gasteiger partial charge in [0.2, 0.25) is 0 Å². The van der Waals surface area contributed by atoms with Crippen LogP contribution >= 0.6 is 0 Å². The number of carbonyl (C=O) groups is 1. The van der Waals surface area contributed by atoms with Crippen LogP contribution in [-0.2, 0) is 4.79 Å². The van der Waals surface area contributed by atoms with Crippen molar-refractivity contribution in [2.24, 2.45) is 5.73 Å². The zero-order valence-corrected chi connectivity index (χ0v) is 13.2. The monoisotopic (exact) mass is 307 g/mol. The van der Waals surface area contributed by atoms with Crippen molar-refractivity contribution < 1.29 is 9.69 Å². The van der Waals surface area contributed by atoms with E-state index in [1.54, 1.807) is 0 Å². The van der Waals surface area contributed by atoms with Crippen LogP contribution in [0.3, 0.4) is 0 Å². The van der Waals surface area contributed by atoms with Crippen LogP contribution in [0.2, 0.25) is 0 Å². The third-order valence-corrected chi connectivity index (χ3v) is 3.46. The second-order valence-electron chi connectivity index (χ2n) is 5.43. The molecule has 0 heterocycles. The van der Waals surface area contributed by atoms with E-state index in [-0.39, 0.29) is 5.91 Å². The summed E-state index contributed by atoms with van der Waals surface area (Å²) in [7, 11) is 0. The lowest BCUT2D eigenvalue weighted by Crippen LogP contribution is -3.12. The highest BCUT2D eigenvalue weighted by Crippen LogP contribution is 2.00. The highest BCUT2D eigenvalue weighted by Gasteiger charge is 2.08. The Bertz CT molecular complexity index is 596. The van der Waals surface area contributed by atoms with Crippen molar-refractivity contribution in [3.63, 3.8) is 0 Å². The van der Waals surface area contributed by atoms with E-state index >= 15 is 0 Å². The molecule has 0 aliphatic carbocycles. The van der Waals surface area contributed by atoms with Crippen molar-refractivity contribution in [1.29, 1.82) is 0 Å². The molecule has 2 aromatic carbocycles. The van der Waals surface area contributed by atoms with Gasteiger partial charge in [-0.1, -0.05) is 72.8 Å². The standard InChI is InChI=1S/C20H22N2O/c21-20(23)17-22(15-7-13-18-9-3-1-4-10-18)16-8-14-19-11-5-2-6-12-19/h1-14H,15-17H2,(H2,21,23)/p+1/b13-7+,14-8+. The van der Waals surface area contributed by atoms with E-state index in [4.69, 9.17) is 5.73 Å². The molecule has 2 aromatic rings. The lowest BCUT2D eigenvalue weighted by atomic mass is 10.2. The zero-order valence-electron chi connectivity index (χ0n) is 13.2. The molecule has 2 rings (SSSR count).